The van der Waals surface area contributed by atoms with Gasteiger partial charge in [-0.05, 0) is 37.6 Å². The quantitative estimate of drug-likeness (QED) is 0.561. The number of carbonyl (C=O) groups is 1. The minimum atomic E-state index is -4.53. The summed E-state index contributed by atoms with van der Waals surface area (Å²) in [6, 6.07) is 3.51. The van der Waals surface area contributed by atoms with Gasteiger partial charge in [0.15, 0.2) is 0 Å². The maximum Gasteiger partial charge on any atom is 0.417 e. The first-order valence-electron chi connectivity index (χ1n) is 6.63. The zero-order chi connectivity index (χ0) is 16.9. The van der Waals surface area contributed by atoms with Gasteiger partial charge in [-0.1, -0.05) is 29.8 Å². The number of likely N-dealkylation sites (N-methyl/N-ethyl adjacent to an activating group) is 1. The molecule has 0 heterocycles. The maximum absolute atomic E-state index is 12.8. The summed E-state index contributed by atoms with van der Waals surface area (Å²) in [5.74, 6) is -0.283. The third-order valence-electron chi connectivity index (χ3n) is 2.87. The van der Waals surface area contributed by atoms with E-state index in [0.717, 1.165) is 11.6 Å². The second-order valence-corrected chi connectivity index (χ2v) is 5.29. The van der Waals surface area contributed by atoms with Crippen molar-refractivity contribution in [2.24, 2.45) is 0 Å². The first-order chi connectivity index (χ1) is 10.1. The fourth-order valence-electron chi connectivity index (χ4n) is 1.81. The van der Waals surface area contributed by atoms with Crippen LogP contribution < -0.4 is 0 Å². The molecule has 0 unspecified atom stereocenters. The van der Waals surface area contributed by atoms with Crippen molar-refractivity contribution in [3.8, 4) is 0 Å². The van der Waals surface area contributed by atoms with Gasteiger partial charge in [-0.3, -0.25) is 4.79 Å². The van der Waals surface area contributed by atoms with Crippen LogP contribution in [0, 0.1) is 0 Å². The van der Waals surface area contributed by atoms with Gasteiger partial charge in [-0.15, -0.1) is 0 Å². The molecule has 1 amide bonds. The Bertz CT molecular complexity index is 594. The van der Waals surface area contributed by atoms with E-state index >= 15 is 0 Å². The van der Waals surface area contributed by atoms with Crippen LogP contribution in [0.5, 0.6) is 0 Å². The lowest BCUT2D eigenvalue weighted by atomic mass is 10.1. The molecule has 0 atom stereocenters. The fraction of sp³-hybridized carbons (Fsp3) is 0.312. The summed E-state index contributed by atoms with van der Waals surface area (Å²) in [6.45, 7) is 8.25. The number of halogens is 4. The third-order valence-corrected chi connectivity index (χ3v) is 3.20. The molecule has 1 aromatic carbocycles. The molecule has 0 aromatic heterocycles. The standard InChI is InChI=1S/C16H17ClF3NO/c1-4-21(10-11(2)3)15(22)8-6-12-5-7-14(17)13(9-12)16(18,19)20/h5-9H,2,4,10H2,1,3H3/b8-6+. The van der Waals surface area contributed by atoms with Gasteiger partial charge in [0.1, 0.15) is 0 Å². The average molecular weight is 332 g/mol. The molecule has 0 spiro atoms. The van der Waals surface area contributed by atoms with Crippen molar-refractivity contribution < 1.29 is 18.0 Å². The lowest BCUT2D eigenvalue weighted by Crippen LogP contribution is -2.30. The number of alkyl halides is 3. The van der Waals surface area contributed by atoms with Crippen LogP contribution in [0.4, 0.5) is 13.2 Å². The molecule has 1 rings (SSSR count). The van der Waals surface area contributed by atoms with Crippen LogP contribution in [-0.4, -0.2) is 23.9 Å². The first-order valence-corrected chi connectivity index (χ1v) is 7.01. The van der Waals surface area contributed by atoms with Crippen molar-refractivity contribution in [2.75, 3.05) is 13.1 Å². The molecule has 120 valence electrons. The number of hydrogen-bond donors (Lipinski definition) is 0. The highest BCUT2D eigenvalue weighted by Crippen LogP contribution is 2.35. The molecule has 1 aromatic rings. The number of benzene rings is 1. The second kappa shape index (κ2) is 7.49. The highest BCUT2D eigenvalue weighted by atomic mass is 35.5. The Labute approximate surface area is 132 Å². The van der Waals surface area contributed by atoms with Crippen molar-refractivity contribution in [3.63, 3.8) is 0 Å². The van der Waals surface area contributed by atoms with Crippen LogP contribution in [-0.2, 0) is 11.0 Å². The van der Waals surface area contributed by atoms with Crippen LogP contribution in [0.3, 0.4) is 0 Å². The highest BCUT2D eigenvalue weighted by Gasteiger charge is 2.33. The van der Waals surface area contributed by atoms with E-state index in [0.29, 0.717) is 13.1 Å². The summed E-state index contributed by atoms with van der Waals surface area (Å²) in [6.07, 6.45) is -1.94. The van der Waals surface area contributed by atoms with Gasteiger partial charge in [0, 0.05) is 19.2 Å². The molecule has 6 heteroatoms. The Balaban J connectivity index is 2.95. The Morgan fingerprint density at radius 3 is 2.55 bits per heavy atom. The Morgan fingerprint density at radius 2 is 2.05 bits per heavy atom. The lowest BCUT2D eigenvalue weighted by molar-refractivity contribution is -0.137. The van der Waals surface area contributed by atoms with Gasteiger partial charge >= 0.3 is 6.18 Å². The van der Waals surface area contributed by atoms with E-state index in [9.17, 15) is 18.0 Å². The third kappa shape index (κ3) is 5.22. The summed E-state index contributed by atoms with van der Waals surface area (Å²) in [7, 11) is 0. The number of hydrogen-bond acceptors (Lipinski definition) is 1. The fourth-order valence-corrected chi connectivity index (χ4v) is 2.03. The van der Waals surface area contributed by atoms with Crippen molar-refractivity contribution in [1.29, 1.82) is 0 Å². The van der Waals surface area contributed by atoms with Crippen molar-refractivity contribution in [2.45, 2.75) is 20.0 Å². The summed E-state index contributed by atoms with van der Waals surface area (Å²) in [4.78, 5) is 13.5. The van der Waals surface area contributed by atoms with E-state index in [1.165, 1.54) is 24.3 Å². The van der Waals surface area contributed by atoms with Gasteiger partial charge in [-0.25, -0.2) is 0 Å². The van der Waals surface area contributed by atoms with E-state index < -0.39 is 11.7 Å². The van der Waals surface area contributed by atoms with Crippen LogP contribution in [0.2, 0.25) is 5.02 Å². The van der Waals surface area contributed by atoms with Gasteiger partial charge in [0.2, 0.25) is 5.91 Å². The normalized spacial score (nSPS) is 11.7. The molecular weight excluding hydrogens is 315 g/mol. The molecule has 0 aliphatic carbocycles. The van der Waals surface area contributed by atoms with Gasteiger partial charge in [0.25, 0.3) is 0 Å². The zero-order valence-electron chi connectivity index (χ0n) is 12.4. The largest absolute Gasteiger partial charge is 0.417 e. The van der Waals surface area contributed by atoms with Crippen LogP contribution >= 0.6 is 11.6 Å². The summed E-state index contributed by atoms with van der Waals surface area (Å²) in [5, 5.41) is -0.367. The summed E-state index contributed by atoms with van der Waals surface area (Å²) >= 11 is 5.54. The zero-order valence-corrected chi connectivity index (χ0v) is 13.1. The molecule has 22 heavy (non-hydrogen) atoms. The molecule has 0 aliphatic rings. The van der Waals surface area contributed by atoms with E-state index in [-0.39, 0.29) is 16.5 Å². The number of carbonyl (C=O) groups excluding carboxylic acids is 1. The summed E-state index contributed by atoms with van der Waals surface area (Å²) < 4.78 is 38.3. The van der Waals surface area contributed by atoms with Gasteiger partial charge in [0.05, 0.1) is 10.6 Å². The topological polar surface area (TPSA) is 20.3 Å². The minimum Gasteiger partial charge on any atom is -0.335 e. The van der Waals surface area contributed by atoms with E-state index in [1.54, 1.807) is 11.8 Å². The second-order valence-electron chi connectivity index (χ2n) is 4.88. The molecule has 0 bridgehead atoms. The first kappa shape index (κ1) is 18.3. The molecule has 0 saturated heterocycles. The molecule has 0 saturated carbocycles. The minimum absolute atomic E-state index is 0.261. The monoisotopic (exact) mass is 331 g/mol. The predicted octanol–water partition coefficient (Wildman–Crippen LogP) is 4.80. The number of rotatable bonds is 5. The molecule has 0 fully saturated rings. The Kier molecular flexibility index (Phi) is 6.23. The van der Waals surface area contributed by atoms with Crippen molar-refractivity contribution in [3.05, 3.63) is 52.6 Å². The van der Waals surface area contributed by atoms with E-state index in [2.05, 4.69) is 6.58 Å². The number of amides is 1. The molecular formula is C16H17ClF3NO. The molecule has 2 nitrogen and oxygen atoms in total. The Hall–Kier alpha value is -1.75. The van der Waals surface area contributed by atoms with Gasteiger partial charge in [-0.2, -0.15) is 13.2 Å². The van der Waals surface area contributed by atoms with E-state index in [1.807, 2.05) is 6.92 Å². The van der Waals surface area contributed by atoms with Crippen LogP contribution in [0.15, 0.2) is 36.4 Å². The predicted molar refractivity (Wildman–Crippen MR) is 82.6 cm³/mol. The Morgan fingerprint density at radius 1 is 1.41 bits per heavy atom. The van der Waals surface area contributed by atoms with Gasteiger partial charge < -0.3 is 4.90 Å². The van der Waals surface area contributed by atoms with Crippen molar-refractivity contribution in [1.82, 2.24) is 4.90 Å². The summed E-state index contributed by atoms with van der Waals surface area (Å²) in [5.41, 5.74) is 0.170. The van der Waals surface area contributed by atoms with Crippen LogP contribution in [0.1, 0.15) is 25.0 Å². The van der Waals surface area contributed by atoms with Crippen molar-refractivity contribution >= 4 is 23.6 Å². The molecule has 0 aliphatic heterocycles. The number of nitrogens with zero attached hydrogens (tertiary/aromatic N) is 1. The smallest absolute Gasteiger partial charge is 0.335 e. The molecule has 0 N–H and O–H groups in total. The maximum atomic E-state index is 12.8. The van der Waals surface area contributed by atoms with Crippen LogP contribution in [0.25, 0.3) is 6.08 Å². The highest BCUT2D eigenvalue weighted by molar-refractivity contribution is 6.31. The average Bonchev–Trinajstić information content (AvgIpc) is 2.42. The molecule has 0 radical (unpaired) electrons. The SMILES string of the molecule is C=C(C)CN(CC)C(=O)/C=C/c1ccc(Cl)c(C(F)(F)F)c1. The van der Waals surface area contributed by atoms with E-state index in [4.69, 9.17) is 11.6 Å². The lowest BCUT2D eigenvalue weighted by Gasteiger charge is -2.18.